The van der Waals surface area contributed by atoms with Crippen molar-refractivity contribution in [1.29, 1.82) is 0 Å². The van der Waals surface area contributed by atoms with Gasteiger partial charge in [-0.2, -0.15) is 0 Å². The third-order valence-corrected chi connectivity index (χ3v) is 3.88. The Labute approximate surface area is 123 Å². The number of thiazole rings is 1. The minimum absolute atomic E-state index is 0.213. The van der Waals surface area contributed by atoms with E-state index in [1.165, 1.54) is 23.5 Å². The Morgan fingerprint density at radius 1 is 1.29 bits per heavy atom. The van der Waals surface area contributed by atoms with E-state index >= 15 is 0 Å². The van der Waals surface area contributed by atoms with Gasteiger partial charge in [-0.05, 0) is 24.3 Å². The largest absolute Gasteiger partial charge is 0.486 e. The Balaban J connectivity index is 1.75. The zero-order valence-corrected chi connectivity index (χ0v) is 11.6. The molecular formula is C15H10FNO3S. The van der Waals surface area contributed by atoms with Gasteiger partial charge in [-0.25, -0.2) is 14.2 Å². The van der Waals surface area contributed by atoms with Gasteiger partial charge in [0.15, 0.2) is 0 Å². The van der Waals surface area contributed by atoms with Gasteiger partial charge in [0.1, 0.15) is 23.2 Å². The first-order valence-corrected chi connectivity index (χ1v) is 6.95. The zero-order valence-electron chi connectivity index (χ0n) is 10.7. The molecule has 0 fully saturated rings. The van der Waals surface area contributed by atoms with E-state index in [1.807, 2.05) is 24.3 Å². The Kier molecular flexibility index (Phi) is 3.53. The van der Waals surface area contributed by atoms with Gasteiger partial charge in [0.05, 0.1) is 15.8 Å². The van der Waals surface area contributed by atoms with E-state index in [0.717, 1.165) is 21.3 Å². The fourth-order valence-electron chi connectivity index (χ4n) is 1.89. The van der Waals surface area contributed by atoms with Crippen LogP contribution < -0.4 is 4.74 Å². The van der Waals surface area contributed by atoms with Crippen molar-refractivity contribution >= 4 is 27.5 Å². The summed E-state index contributed by atoms with van der Waals surface area (Å²) in [5, 5.41) is 9.53. The summed E-state index contributed by atoms with van der Waals surface area (Å²) < 4.78 is 20.0. The molecule has 106 valence electrons. The second kappa shape index (κ2) is 5.49. The Morgan fingerprint density at radius 2 is 2.10 bits per heavy atom. The van der Waals surface area contributed by atoms with Gasteiger partial charge >= 0.3 is 5.97 Å². The Morgan fingerprint density at radius 3 is 2.81 bits per heavy atom. The molecule has 6 heteroatoms. The predicted octanol–water partition coefficient (Wildman–Crippen LogP) is 3.71. The smallest absolute Gasteiger partial charge is 0.338 e. The first kappa shape index (κ1) is 13.5. The maximum atomic E-state index is 13.5. The van der Waals surface area contributed by atoms with Crippen LogP contribution in [0.2, 0.25) is 0 Å². The number of para-hydroxylation sites is 1. The summed E-state index contributed by atoms with van der Waals surface area (Å²) >= 11 is 1.50. The molecule has 4 nitrogen and oxygen atoms in total. The first-order valence-electron chi connectivity index (χ1n) is 6.13. The number of benzene rings is 2. The van der Waals surface area contributed by atoms with Crippen molar-refractivity contribution in [1.82, 2.24) is 4.98 Å². The molecule has 3 rings (SSSR count). The maximum Gasteiger partial charge on any atom is 0.338 e. The number of aromatic carboxylic acids is 1. The number of hydrogen-bond acceptors (Lipinski definition) is 4. The summed E-state index contributed by atoms with van der Waals surface area (Å²) in [5.74, 6) is -1.84. The summed E-state index contributed by atoms with van der Waals surface area (Å²) in [5.41, 5.74) is 0.524. The number of carboxylic acid groups (broad SMARTS) is 1. The van der Waals surface area contributed by atoms with Crippen LogP contribution in [-0.2, 0) is 6.61 Å². The highest BCUT2D eigenvalue weighted by Crippen LogP contribution is 2.23. The molecule has 1 N–H and O–H groups in total. The average molecular weight is 303 g/mol. The fraction of sp³-hybridized carbons (Fsp3) is 0.0667. The molecule has 0 aliphatic rings. The van der Waals surface area contributed by atoms with Crippen LogP contribution >= 0.6 is 11.3 Å². The second-order valence-electron chi connectivity index (χ2n) is 4.31. The van der Waals surface area contributed by atoms with E-state index in [1.54, 1.807) is 0 Å². The number of carboxylic acids is 1. The van der Waals surface area contributed by atoms with Crippen molar-refractivity contribution in [2.45, 2.75) is 6.61 Å². The molecule has 0 saturated carbocycles. The number of carbonyl (C=O) groups is 1. The number of ether oxygens (including phenoxy) is 1. The highest BCUT2D eigenvalue weighted by Gasteiger charge is 2.11. The summed E-state index contributed by atoms with van der Waals surface area (Å²) in [4.78, 5) is 15.1. The number of hydrogen-bond donors (Lipinski definition) is 1. The normalized spacial score (nSPS) is 10.7. The Hall–Kier alpha value is -2.47. The Bertz CT molecular complexity index is 783. The number of rotatable bonds is 4. The molecule has 0 radical (unpaired) electrons. The van der Waals surface area contributed by atoms with Crippen LogP contribution in [0.15, 0.2) is 42.5 Å². The summed E-state index contributed by atoms with van der Waals surface area (Å²) in [6.45, 7) is 0.213. The highest BCUT2D eigenvalue weighted by molar-refractivity contribution is 7.18. The van der Waals surface area contributed by atoms with E-state index in [2.05, 4.69) is 4.98 Å². The molecule has 0 aliphatic carbocycles. The molecule has 0 unspecified atom stereocenters. The average Bonchev–Trinajstić information content (AvgIpc) is 2.87. The highest BCUT2D eigenvalue weighted by atomic mass is 32.1. The van der Waals surface area contributed by atoms with Gasteiger partial charge in [0.2, 0.25) is 0 Å². The molecule has 2 aromatic carbocycles. The van der Waals surface area contributed by atoms with Crippen LogP contribution in [0.25, 0.3) is 10.2 Å². The summed E-state index contributed by atoms with van der Waals surface area (Å²) in [6, 6.07) is 11.4. The molecular weight excluding hydrogens is 293 g/mol. The number of fused-ring (bicyclic) bond motifs is 1. The minimum atomic E-state index is -1.30. The molecule has 0 saturated heterocycles. The third kappa shape index (κ3) is 2.85. The summed E-state index contributed by atoms with van der Waals surface area (Å²) in [7, 11) is 0. The van der Waals surface area contributed by atoms with Crippen LogP contribution in [0, 0.1) is 5.82 Å². The molecule has 21 heavy (non-hydrogen) atoms. The van der Waals surface area contributed by atoms with E-state index in [0.29, 0.717) is 0 Å². The van der Waals surface area contributed by atoms with Gasteiger partial charge in [-0.1, -0.05) is 12.1 Å². The third-order valence-electron chi connectivity index (χ3n) is 2.87. The van der Waals surface area contributed by atoms with Gasteiger partial charge in [-0.15, -0.1) is 11.3 Å². The molecule has 0 spiro atoms. The van der Waals surface area contributed by atoms with Gasteiger partial charge < -0.3 is 9.84 Å². The lowest BCUT2D eigenvalue weighted by molar-refractivity contribution is 0.0692. The standard InChI is InChI=1S/C15H10FNO3S/c16-11-7-9(5-6-10(11)15(18)19)20-8-14-17-12-3-1-2-4-13(12)21-14/h1-7H,8H2,(H,18,19). The number of aromatic nitrogens is 1. The van der Waals surface area contributed by atoms with Crippen LogP contribution in [0.4, 0.5) is 4.39 Å². The van der Waals surface area contributed by atoms with Crippen LogP contribution in [0.5, 0.6) is 5.75 Å². The SMILES string of the molecule is O=C(O)c1ccc(OCc2nc3ccccc3s2)cc1F. The quantitative estimate of drug-likeness (QED) is 0.798. The first-order chi connectivity index (χ1) is 10.1. The van der Waals surface area contributed by atoms with Crippen molar-refractivity contribution in [3.8, 4) is 5.75 Å². The zero-order chi connectivity index (χ0) is 14.8. The van der Waals surface area contributed by atoms with E-state index < -0.39 is 11.8 Å². The molecule has 1 heterocycles. The van der Waals surface area contributed by atoms with Crippen molar-refractivity contribution in [2.24, 2.45) is 0 Å². The lowest BCUT2D eigenvalue weighted by Gasteiger charge is -2.05. The summed E-state index contributed by atoms with van der Waals surface area (Å²) in [6.07, 6.45) is 0. The van der Waals surface area contributed by atoms with E-state index in [9.17, 15) is 9.18 Å². The molecule has 1 aromatic heterocycles. The topological polar surface area (TPSA) is 59.4 Å². The lowest BCUT2D eigenvalue weighted by Crippen LogP contribution is -2.01. The van der Waals surface area contributed by atoms with E-state index in [4.69, 9.17) is 9.84 Å². The monoisotopic (exact) mass is 303 g/mol. The predicted molar refractivity (Wildman–Crippen MR) is 77.3 cm³/mol. The second-order valence-corrected chi connectivity index (χ2v) is 5.43. The molecule has 0 amide bonds. The maximum absolute atomic E-state index is 13.5. The molecule has 0 aliphatic heterocycles. The molecule has 3 aromatic rings. The minimum Gasteiger partial charge on any atom is -0.486 e. The van der Waals surface area contributed by atoms with Crippen LogP contribution in [0.1, 0.15) is 15.4 Å². The van der Waals surface area contributed by atoms with Crippen LogP contribution in [-0.4, -0.2) is 16.1 Å². The molecule has 0 bridgehead atoms. The van der Waals surface area contributed by atoms with E-state index in [-0.39, 0.29) is 17.9 Å². The lowest BCUT2D eigenvalue weighted by atomic mass is 10.2. The van der Waals surface area contributed by atoms with Crippen LogP contribution in [0.3, 0.4) is 0 Å². The van der Waals surface area contributed by atoms with Crippen molar-refractivity contribution in [2.75, 3.05) is 0 Å². The van der Waals surface area contributed by atoms with Crippen molar-refractivity contribution in [3.05, 3.63) is 58.9 Å². The fourth-order valence-corrected chi connectivity index (χ4v) is 2.77. The number of nitrogens with zero attached hydrogens (tertiary/aromatic N) is 1. The van der Waals surface area contributed by atoms with Gasteiger partial charge in [0.25, 0.3) is 0 Å². The number of halogens is 1. The van der Waals surface area contributed by atoms with Crippen molar-refractivity contribution < 1.29 is 19.0 Å². The van der Waals surface area contributed by atoms with Gasteiger partial charge in [-0.3, -0.25) is 0 Å². The molecule has 0 atom stereocenters. The van der Waals surface area contributed by atoms with Gasteiger partial charge in [0, 0.05) is 6.07 Å². The van der Waals surface area contributed by atoms with Crippen molar-refractivity contribution in [3.63, 3.8) is 0 Å².